The van der Waals surface area contributed by atoms with Gasteiger partial charge in [-0.3, -0.25) is 0 Å². The highest BCUT2D eigenvalue weighted by Crippen LogP contribution is 2.49. The first-order chi connectivity index (χ1) is 72.9. The predicted octanol–water partition coefficient (Wildman–Crippen LogP) is 36.1. The quantitative estimate of drug-likeness (QED) is 0.121. The van der Waals surface area contributed by atoms with E-state index in [1.54, 1.807) is 0 Å². The zero-order chi connectivity index (χ0) is 96.9. The zero-order valence-electron chi connectivity index (χ0n) is 79.8. The van der Waals surface area contributed by atoms with Crippen molar-refractivity contribution < 1.29 is 0 Å². The minimum absolute atomic E-state index is 0.849. The molecule has 0 atom stereocenters. The molecule has 0 N–H and O–H groups in total. The summed E-state index contributed by atoms with van der Waals surface area (Å²) >= 11 is 0. The summed E-state index contributed by atoms with van der Waals surface area (Å²) in [6.07, 6.45) is 0. The first kappa shape index (κ1) is 85.3. The Bertz CT molecular complexity index is 10200. The van der Waals surface area contributed by atoms with Crippen molar-refractivity contribution in [2.45, 2.75) is 0 Å². The first-order valence-corrected chi connectivity index (χ1v) is 50.0. The molecular formula is C138H87N9. The minimum Gasteiger partial charge on any atom is -0.309 e. The SMILES string of the molecule is c1ccc(-c2cc(-c3ccccc3)cc(-c3nc4ccccc4nc3-c3cccc(-n4c5ccc6ccccc6c5c5c6ccccc6ccc54)c3)c2)cc1.c1ccc(-c2cccc(-c3nc4ccccc4nc3-c3cccc(-n4c5ccc6ccccc6c5c5c6ccccc6ccc54)c3)c2)cc1.c1ccc(-c2nc3ccccc3nc2-c2cccc(-n3c4ccc5ccccc5c4c4c5ccccc5ccc43)c2)cc1. The number of hydrogen-bond donors (Lipinski definition) is 0. The van der Waals surface area contributed by atoms with Crippen molar-refractivity contribution in [3.05, 3.63) is 528 Å². The molecule has 9 heteroatoms. The van der Waals surface area contributed by atoms with Crippen LogP contribution in [0.4, 0.5) is 0 Å². The van der Waals surface area contributed by atoms with E-state index in [-0.39, 0.29) is 0 Å². The van der Waals surface area contributed by atoms with Gasteiger partial charge in [-0.05, 0) is 231 Å². The van der Waals surface area contributed by atoms with E-state index < -0.39 is 0 Å². The second-order valence-electron chi connectivity index (χ2n) is 37.8. The standard InChI is InChI=1S/C52H33N3.C46H29N3.C40H25N3/c1-3-14-34(15-4-1)39-30-40(35-16-5-2-6-17-35)32-41(31-39)52-51(53-45-24-11-12-25-46(45)54-52)38-20-13-21-42(33-38)55-47-28-26-36-18-7-9-22-43(36)49(47)50-44-23-10-8-19-37(44)27-29-48(50)55;1-2-12-30(13-3-1)33-16-10-17-34(28-33)45-46(48-40-23-9-8-22-39(40)47-45)35-18-11-19-36(29-35)49-41-26-24-31-14-4-6-20-37(31)43(41)44-38-21-7-5-15-32(38)25-27-42(44)49;1-2-13-28(14-3-1)39-40(42-34-20-9-8-19-33(34)41-39)29-15-10-16-30(25-29)43-35-23-21-26-11-4-6-17-31(26)37(35)38-32-18-7-5-12-27(32)22-24-36(38)43/h1-33H;1-29H;1-25H. The first-order valence-electron chi connectivity index (χ1n) is 50.0. The van der Waals surface area contributed by atoms with E-state index in [9.17, 15) is 0 Å². The van der Waals surface area contributed by atoms with Gasteiger partial charge < -0.3 is 13.7 Å². The Labute approximate surface area is 846 Å². The van der Waals surface area contributed by atoms with E-state index >= 15 is 0 Å². The second-order valence-corrected chi connectivity index (χ2v) is 37.8. The summed E-state index contributed by atoms with van der Waals surface area (Å²) in [7, 11) is 0. The monoisotopic (exact) mass is 1870 g/mol. The average molecular weight is 1870 g/mol. The van der Waals surface area contributed by atoms with Crippen LogP contribution in [0.3, 0.4) is 0 Å². The highest BCUT2D eigenvalue weighted by atomic mass is 15.0. The van der Waals surface area contributed by atoms with E-state index in [1.165, 1.54) is 136 Å². The van der Waals surface area contributed by atoms with E-state index in [1.807, 2.05) is 66.7 Å². The van der Waals surface area contributed by atoms with Crippen molar-refractivity contribution in [3.8, 4) is 118 Å². The molecule has 0 radical (unpaired) electrons. The van der Waals surface area contributed by atoms with Gasteiger partial charge >= 0.3 is 0 Å². The molecule has 0 aliphatic carbocycles. The molecule has 0 spiro atoms. The number of para-hydroxylation sites is 6. The van der Waals surface area contributed by atoms with Crippen LogP contribution in [-0.4, -0.2) is 43.6 Å². The van der Waals surface area contributed by atoms with Gasteiger partial charge in [0.05, 0.1) is 100 Å². The van der Waals surface area contributed by atoms with Gasteiger partial charge in [-0.1, -0.05) is 394 Å². The third-order valence-corrected chi connectivity index (χ3v) is 29.2. The van der Waals surface area contributed by atoms with Gasteiger partial charge in [0.15, 0.2) is 0 Å². The summed E-state index contributed by atoms with van der Waals surface area (Å²) < 4.78 is 7.24. The highest BCUT2D eigenvalue weighted by molar-refractivity contribution is 6.32. The van der Waals surface area contributed by atoms with Gasteiger partial charge in [0.1, 0.15) is 0 Å². The second kappa shape index (κ2) is 35.8. The Morgan fingerprint density at radius 1 is 0.116 bits per heavy atom. The molecule has 30 aromatic rings. The molecule has 684 valence electrons. The largest absolute Gasteiger partial charge is 0.309 e. The molecule has 6 aromatic heterocycles. The van der Waals surface area contributed by atoms with E-state index in [0.29, 0.717) is 0 Å². The molecule has 9 nitrogen and oxygen atoms in total. The van der Waals surface area contributed by atoms with Gasteiger partial charge in [-0.25, -0.2) is 29.9 Å². The van der Waals surface area contributed by atoms with Gasteiger partial charge in [0.25, 0.3) is 0 Å². The fourth-order valence-corrected chi connectivity index (χ4v) is 22.5. The fourth-order valence-electron chi connectivity index (χ4n) is 22.5. The maximum absolute atomic E-state index is 5.38. The Kier molecular flexibility index (Phi) is 20.8. The predicted molar refractivity (Wildman–Crippen MR) is 616 cm³/mol. The molecule has 0 fully saturated rings. The molecule has 30 rings (SSSR count). The van der Waals surface area contributed by atoms with Crippen molar-refractivity contribution in [2.75, 3.05) is 0 Å². The third-order valence-electron chi connectivity index (χ3n) is 29.2. The molecule has 0 saturated heterocycles. The van der Waals surface area contributed by atoms with E-state index in [0.717, 1.165) is 146 Å². The molecular weight excluding hydrogens is 1780 g/mol. The summed E-state index contributed by atoms with van der Waals surface area (Å²) in [6, 6.07) is 188. The highest BCUT2D eigenvalue weighted by Gasteiger charge is 2.27. The zero-order valence-corrected chi connectivity index (χ0v) is 79.8. The van der Waals surface area contributed by atoms with Gasteiger partial charge in [-0.15, -0.1) is 0 Å². The van der Waals surface area contributed by atoms with Crippen LogP contribution in [0.15, 0.2) is 528 Å². The lowest BCUT2D eigenvalue weighted by molar-refractivity contribution is 1.18. The summed E-state index contributed by atoms with van der Waals surface area (Å²) in [5.74, 6) is 0. The van der Waals surface area contributed by atoms with Crippen molar-refractivity contribution in [3.63, 3.8) is 0 Å². The van der Waals surface area contributed by atoms with Crippen LogP contribution in [0.25, 0.3) is 281 Å². The van der Waals surface area contributed by atoms with E-state index in [4.69, 9.17) is 29.9 Å². The van der Waals surface area contributed by atoms with Crippen LogP contribution in [0, 0.1) is 0 Å². The lowest BCUT2D eigenvalue weighted by atomic mass is 9.93. The number of fused-ring (bicyclic) bond motifs is 24. The molecule has 147 heavy (non-hydrogen) atoms. The summed E-state index contributed by atoms with van der Waals surface area (Å²) in [5, 5.41) is 22.7. The fraction of sp³-hybridized carbons (Fsp3) is 0. The van der Waals surface area contributed by atoms with Crippen LogP contribution in [-0.2, 0) is 0 Å². The van der Waals surface area contributed by atoms with Crippen LogP contribution in [0.5, 0.6) is 0 Å². The molecule has 0 bridgehead atoms. The topological polar surface area (TPSA) is 92.1 Å². The van der Waals surface area contributed by atoms with Crippen LogP contribution >= 0.6 is 0 Å². The number of rotatable bonds is 12. The molecule has 0 aliphatic heterocycles. The molecule has 6 heterocycles. The molecule has 0 saturated carbocycles. The number of benzene rings is 24. The summed E-state index contributed by atoms with van der Waals surface area (Å²) in [4.78, 5) is 31.6. The third kappa shape index (κ3) is 14.9. The number of hydrogen-bond acceptors (Lipinski definition) is 6. The molecule has 24 aromatic carbocycles. The Morgan fingerprint density at radius 3 is 0.571 bits per heavy atom. The maximum atomic E-state index is 5.38. The number of aromatic nitrogens is 9. The lowest BCUT2D eigenvalue weighted by Gasteiger charge is -2.15. The molecule has 0 unspecified atom stereocenters. The van der Waals surface area contributed by atoms with Crippen LogP contribution in [0.1, 0.15) is 0 Å². The lowest BCUT2D eigenvalue weighted by Crippen LogP contribution is -1.98. The van der Waals surface area contributed by atoms with Crippen molar-refractivity contribution >= 4 is 163 Å². The smallest absolute Gasteiger partial charge is 0.0973 e. The maximum Gasteiger partial charge on any atom is 0.0973 e. The Balaban J connectivity index is 0.000000107. The van der Waals surface area contributed by atoms with Gasteiger partial charge in [-0.2, -0.15) is 0 Å². The summed E-state index contributed by atoms with van der Waals surface area (Å²) in [6.45, 7) is 0. The Morgan fingerprint density at radius 2 is 0.299 bits per heavy atom. The summed E-state index contributed by atoms with van der Waals surface area (Å²) in [5.41, 5.74) is 33.9. The normalized spacial score (nSPS) is 11.7. The van der Waals surface area contributed by atoms with Crippen molar-refractivity contribution in [2.24, 2.45) is 0 Å². The minimum atomic E-state index is 0.849. The Hall–Kier alpha value is -19.7. The van der Waals surface area contributed by atoms with E-state index in [2.05, 4.69) is 475 Å². The van der Waals surface area contributed by atoms with Crippen molar-refractivity contribution in [1.29, 1.82) is 0 Å². The van der Waals surface area contributed by atoms with Gasteiger partial charge in [0.2, 0.25) is 0 Å². The molecule has 0 amide bonds. The average Bonchev–Trinajstić information content (AvgIpc) is 1.57. The number of nitrogens with zero attached hydrogens (tertiary/aromatic N) is 9. The van der Waals surface area contributed by atoms with Crippen LogP contribution in [0.2, 0.25) is 0 Å². The van der Waals surface area contributed by atoms with Crippen molar-refractivity contribution in [1.82, 2.24) is 43.6 Å². The van der Waals surface area contributed by atoms with Gasteiger partial charge in [0, 0.05) is 82.8 Å². The molecule has 0 aliphatic rings. The van der Waals surface area contributed by atoms with Crippen LogP contribution < -0.4 is 0 Å².